The van der Waals surface area contributed by atoms with Crippen LogP contribution in [0.25, 0.3) is 0 Å². The molecule has 0 aliphatic carbocycles. The van der Waals surface area contributed by atoms with Crippen LogP contribution in [0.2, 0.25) is 0 Å². The van der Waals surface area contributed by atoms with Crippen molar-refractivity contribution >= 4 is 11.9 Å². The van der Waals surface area contributed by atoms with E-state index in [-0.39, 0.29) is 17.7 Å². The lowest BCUT2D eigenvalue weighted by atomic mass is 10.1. The molecule has 1 aromatic carbocycles. The van der Waals surface area contributed by atoms with E-state index >= 15 is 0 Å². The average Bonchev–Trinajstić information content (AvgIpc) is 2.27. The number of hydrogen-bond acceptors (Lipinski definition) is 3. The zero-order valence-electron chi connectivity index (χ0n) is 8.99. The van der Waals surface area contributed by atoms with E-state index in [1.165, 1.54) is 12.1 Å². The molecule has 1 N–H and O–H groups in total. The Morgan fingerprint density at radius 3 is 2.71 bits per heavy atom. The van der Waals surface area contributed by atoms with Gasteiger partial charge in [-0.15, -0.1) is 0 Å². The molecule has 0 aliphatic heterocycles. The summed E-state index contributed by atoms with van der Waals surface area (Å²) in [6.07, 6.45) is 0. The molecule has 0 saturated carbocycles. The van der Waals surface area contributed by atoms with Crippen molar-refractivity contribution in [2.75, 3.05) is 6.61 Å². The van der Waals surface area contributed by atoms with Gasteiger partial charge in [0.1, 0.15) is 5.82 Å². The maximum Gasteiger partial charge on any atom is 0.384 e. The Labute approximate surface area is 97.0 Å². The Bertz CT molecular complexity index is 511. The van der Waals surface area contributed by atoms with Crippen LogP contribution in [0.3, 0.4) is 0 Å². The molecule has 17 heavy (non-hydrogen) atoms. The Morgan fingerprint density at radius 1 is 1.47 bits per heavy atom. The minimum atomic E-state index is -1.23. The second-order valence-corrected chi connectivity index (χ2v) is 2.97. The normalized spacial score (nSPS) is 9.06. The lowest BCUT2D eigenvalue weighted by molar-refractivity contribution is -0.136. The zero-order chi connectivity index (χ0) is 12.8. The van der Waals surface area contributed by atoms with E-state index in [1.807, 2.05) is 0 Å². The molecule has 0 unspecified atom stereocenters. The molecule has 0 spiro atoms. The highest BCUT2D eigenvalue weighted by atomic mass is 19.1. The molecule has 5 heteroatoms. The van der Waals surface area contributed by atoms with Gasteiger partial charge in [0.05, 0.1) is 17.7 Å². The zero-order valence-corrected chi connectivity index (χ0v) is 8.99. The maximum absolute atomic E-state index is 13.3. The minimum absolute atomic E-state index is 0.0527. The van der Waals surface area contributed by atoms with Gasteiger partial charge in [-0.1, -0.05) is 5.92 Å². The smallest absolute Gasteiger partial charge is 0.384 e. The topological polar surface area (TPSA) is 63.6 Å². The van der Waals surface area contributed by atoms with Crippen molar-refractivity contribution in [3.8, 4) is 11.8 Å². The summed E-state index contributed by atoms with van der Waals surface area (Å²) in [6.45, 7) is 1.82. The van der Waals surface area contributed by atoms with E-state index in [2.05, 4.69) is 16.6 Å². The van der Waals surface area contributed by atoms with Gasteiger partial charge < -0.3 is 9.84 Å². The Kier molecular flexibility index (Phi) is 4.23. The number of carbonyl (C=O) groups excluding carboxylic acids is 1. The fourth-order valence-electron chi connectivity index (χ4n) is 1.04. The number of ether oxygens (including phenoxy) is 1. The van der Waals surface area contributed by atoms with Crippen LogP contribution in [0.1, 0.15) is 22.8 Å². The number of hydrogen-bond donors (Lipinski definition) is 1. The second-order valence-electron chi connectivity index (χ2n) is 2.97. The molecule has 0 radical (unpaired) electrons. The third-order valence-electron chi connectivity index (χ3n) is 1.79. The standard InChI is InChI=1S/C12H9FO4/c1-2-17-11(14)6-5-8-3-4-9(12(15)16)7-10(8)13/h3-4,7H,2H2,1H3,(H,15,16). The van der Waals surface area contributed by atoms with E-state index in [9.17, 15) is 14.0 Å². The van der Waals surface area contributed by atoms with E-state index in [0.717, 1.165) is 6.07 Å². The van der Waals surface area contributed by atoms with Gasteiger partial charge in [0.15, 0.2) is 0 Å². The summed E-state index contributed by atoms with van der Waals surface area (Å²) < 4.78 is 17.9. The first-order valence-electron chi connectivity index (χ1n) is 4.76. The van der Waals surface area contributed by atoms with Crippen LogP contribution < -0.4 is 0 Å². The first kappa shape index (κ1) is 12.7. The van der Waals surface area contributed by atoms with Crippen LogP contribution in [0.15, 0.2) is 18.2 Å². The molecule has 0 fully saturated rings. The summed E-state index contributed by atoms with van der Waals surface area (Å²) in [5.41, 5.74) is -0.229. The van der Waals surface area contributed by atoms with Crippen molar-refractivity contribution in [1.29, 1.82) is 0 Å². The fraction of sp³-hybridized carbons (Fsp3) is 0.167. The van der Waals surface area contributed by atoms with E-state index < -0.39 is 17.8 Å². The van der Waals surface area contributed by atoms with Gasteiger partial charge in [0.2, 0.25) is 0 Å². The minimum Gasteiger partial charge on any atom is -0.478 e. The Balaban J connectivity index is 2.93. The van der Waals surface area contributed by atoms with Crippen molar-refractivity contribution in [2.45, 2.75) is 6.92 Å². The number of benzene rings is 1. The van der Waals surface area contributed by atoms with E-state index in [0.29, 0.717) is 0 Å². The van der Waals surface area contributed by atoms with E-state index in [1.54, 1.807) is 6.92 Å². The number of halogens is 1. The third-order valence-corrected chi connectivity index (χ3v) is 1.79. The number of carboxylic acid groups (broad SMARTS) is 1. The predicted octanol–water partition coefficient (Wildman–Crippen LogP) is 1.44. The molecule has 0 bridgehead atoms. The number of esters is 1. The van der Waals surface area contributed by atoms with Crippen molar-refractivity contribution in [1.82, 2.24) is 0 Å². The van der Waals surface area contributed by atoms with Crippen LogP contribution in [0.5, 0.6) is 0 Å². The first-order chi connectivity index (χ1) is 8.04. The summed E-state index contributed by atoms with van der Waals surface area (Å²) in [6, 6.07) is 3.25. The molecule has 0 aromatic heterocycles. The molecule has 0 aliphatic rings. The Morgan fingerprint density at radius 2 is 2.18 bits per heavy atom. The Hall–Kier alpha value is -2.35. The number of rotatable bonds is 2. The maximum atomic E-state index is 13.3. The predicted molar refractivity (Wildman–Crippen MR) is 56.9 cm³/mol. The molecule has 0 atom stereocenters. The van der Waals surface area contributed by atoms with Crippen molar-refractivity contribution in [3.63, 3.8) is 0 Å². The molecule has 1 rings (SSSR count). The molecular formula is C12H9FO4. The van der Waals surface area contributed by atoms with Gasteiger partial charge in [-0.25, -0.2) is 14.0 Å². The fourth-order valence-corrected chi connectivity index (χ4v) is 1.04. The molecule has 0 amide bonds. The van der Waals surface area contributed by atoms with Gasteiger partial charge in [-0.2, -0.15) is 0 Å². The quantitative estimate of drug-likeness (QED) is 0.623. The van der Waals surface area contributed by atoms with Gasteiger partial charge in [-0.3, -0.25) is 0 Å². The molecule has 88 valence electrons. The number of aromatic carboxylic acids is 1. The van der Waals surface area contributed by atoms with Gasteiger partial charge in [0.25, 0.3) is 0 Å². The number of carbonyl (C=O) groups is 2. The summed E-state index contributed by atoms with van der Waals surface area (Å²) in [7, 11) is 0. The SMILES string of the molecule is CCOC(=O)C#Cc1ccc(C(=O)O)cc1F. The molecule has 1 aromatic rings. The van der Waals surface area contributed by atoms with Crippen LogP contribution in [0.4, 0.5) is 4.39 Å². The van der Waals surface area contributed by atoms with Gasteiger partial charge >= 0.3 is 11.9 Å². The highest BCUT2D eigenvalue weighted by Gasteiger charge is 2.06. The molecule has 0 heterocycles. The van der Waals surface area contributed by atoms with Crippen molar-refractivity contribution < 1.29 is 23.8 Å². The van der Waals surface area contributed by atoms with Crippen molar-refractivity contribution in [3.05, 3.63) is 35.1 Å². The molecule has 4 nitrogen and oxygen atoms in total. The summed E-state index contributed by atoms with van der Waals surface area (Å²) in [4.78, 5) is 21.4. The first-order valence-corrected chi connectivity index (χ1v) is 4.76. The van der Waals surface area contributed by atoms with Crippen LogP contribution >= 0.6 is 0 Å². The van der Waals surface area contributed by atoms with Gasteiger partial charge in [-0.05, 0) is 25.1 Å². The lowest BCUT2D eigenvalue weighted by Gasteiger charge is -1.97. The summed E-state index contributed by atoms with van der Waals surface area (Å²) >= 11 is 0. The highest BCUT2D eigenvalue weighted by molar-refractivity contribution is 5.89. The van der Waals surface area contributed by atoms with Crippen LogP contribution in [0, 0.1) is 17.7 Å². The largest absolute Gasteiger partial charge is 0.478 e. The van der Waals surface area contributed by atoms with Gasteiger partial charge in [0, 0.05) is 5.92 Å². The summed E-state index contributed by atoms with van der Waals surface area (Å²) in [5, 5.41) is 8.61. The molecular weight excluding hydrogens is 227 g/mol. The average molecular weight is 236 g/mol. The third kappa shape index (κ3) is 3.61. The highest BCUT2D eigenvalue weighted by Crippen LogP contribution is 2.09. The van der Waals surface area contributed by atoms with Crippen LogP contribution in [-0.4, -0.2) is 23.7 Å². The monoisotopic (exact) mass is 236 g/mol. The second kappa shape index (κ2) is 5.66. The van der Waals surface area contributed by atoms with Crippen molar-refractivity contribution in [2.24, 2.45) is 0 Å². The molecule has 0 saturated heterocycles. The number of carboxylic acids is 1. The van der Waals surface area contributed by atoms with E-state index in [4.69, 9.17) is 5.11 Å². The lowest BCUT2D eigenvalue weighted by Crippen LogP contribution is -2.00. The summed E-state index contributed by atoms with van der Waals surface area (Å²) in [5.74, 6) is 1.59. The van der Waals surface area contributed by atoms with Crippen LogP contribution in [-0.2, 0) is 9.53 Å².